The van der Waals surface area contributed by atoms with Gasteiger partial charge in [-0.2, -0.15) is 0 Å². The van der Waals surface area contributed by atoms with Crippen molar-refractivity contribution in [3.63, 3.8) is 0 Å². The van der Waals surface area contributed by atoms with Crippen LogP contribution in [-0.4, -0.2) is 20.1 Å². The first-order valence-corrected chi connectivity index (χ1v) is 9.14. The molecular weight excluding hydrogens is 324 g/mol. The zero-order chi connectivity index (χ0) is 16.7. The Morgan fingerprint density at radius 3 is 2.62 bits per heavy atom. The van der Waals surface area contributed by atoms with Gasteiger partial charge in [-0.05, 0) is 37.6 Å². The van der Waals surface area contributed by atoms with Crippen LogP contribution in [0.2, 0.25) is 0 Å². The fraction of sp³-hybridized carbons (Fsp3) is 0.167. The minimum absolute atomic E-state index is 0.291. The summed E-state index contributed by atoms with van der Waals surface area (Å²) in [5.74, 6) is 0.646. The van der Waals surface area contributed by atoms with Crippen molar-refractivity contribution in [2.45, 2.75) is 18.2 Å². The lowest BCUT2D eigenvalue weighted by Gasteiger charge is -2.24. The maximum atomic E-state index is 13.2. The number of fused-ring (bicyclic) bond motifs is 3. The van der Waals surface area contributed by atoms with Crippen molar-refractivity contribution >= 4 is 15.7 Å². The van der Waals surface area contributed by atoms with Gasteiger partial charge in [0.1, 0.15) is 0 Å². The number of aryl methyl sites for hydroxylation is 1. The number of rotatable bonds is 2. The van der Waals surface area contributed by atoms with E-state index >= 15 is 0 Å². The number of aromatic nitrogens is 1. The summed E-state index contributed by atoms with van der Waals surface area (Å²) in [6.45, 7) is 2.28. The van der Waals surface area contributed by atoms with E-state index in [-0.39, 0.29) is 0 Å². The van der Waals surface area contributed by atoms with E-state index in [0.717, 1.165) is 16.7 Å². The number of sulfonamides is 1. The highest BCUT2D eigenvalue weighted by Crippen LogP contribution is 2.38. The molecule has 0 saturated heterocycles. The monoisotopic (exact) mass is 340 g/mol. The van der Waals surface area contributed by atoms with E-state index in [9.17, 15) is 8.42 Å². The van der Waals surface area contributed by atoms with E-state index in [0.29, 0.717) is 29.3 Å². The standard InChI is InChI=1S/C18H16N2O3S/c1-13-6-8-15(9-7-13)24(21,22)20-11-10-14-12-19-23-18(14)16-4-2-3-5-17(16)20/h2-9,12H,10-11H2,1H3. The maximum Gasteiger partial charge on any atom is 0.264 e. The molecule has 4 rings (SSSR count). The Labute approximate surface area is 140 Å². The summed E-state index contributed by atoms with van der Waals surface area (Å²) >= 11 is 0. The van der Waals surface area contributed by atoms with Crippen LogP contribution in [0.1, 0.15) is 11.1 Å². The third kappa shape index (κ3) is 2.30. The summed E-state index contributed by atoms with van der Waals surface area (Å²) in [4.78, 5) is 0.291. The van der Waals surface area contributed by atoms with E-state index in [4.69, 9.17) is 4.52 Å². The first kappa shape index (κ1) is 15.0. The molecule has 1 aliphatic rings. The molecule has 2 aromatic carbocycles. The van der Waals surface area contributed by atoms with E-state index in [1.54, 1.807) is 24.4 Å². The van der Waals surface area contributed by atoms with Crippen LogP contribution in [0.5, 0.6) is 0 Å². The molecule has 0 aliphatic carbocycles. The molecule has 0 fully saturated rings. The molecule has 0 radical (unpaired) electrons. The van der Waals surface area contributed by atoms with Gasteiger partial charge in [0.05, 0.1) is 16.8 Å². The molecule has 0 N–H and O–H groups in total. The van der Waals surface area contributed by atoms with Gasteiger partial charge in [-0.3, -0.25) is 4.31 Å². The summed E-state index contributed by atoms with van der Waals surface area (Å²) in [6, 6.07) is 14.3. The predicted molar refractivity (Wildman–Crippen MR) is 91.4 cm³/mol. The third-order valence-electron chi connectivity index (χ3n) is 4.25. The Morgan fingerprint density at radius 1 is 1.08 bits per heavy atom. The van der Waals surface area contributed by atoms with Crippen LogP contribution in [0.15, 0.2) is 64.1 Å². The van der Waals surface area contributed by atoms with Crippen molar-refractivity contribution in [2.75, 3.05) is 10.8 Å². The van der Waals surface area contributed by atoms with Crippen molar-refractivity contribution in [3.8, 4) is 11.3 Å². The summed E-state index contributed by atoms with van der Waals surface area (Å²) in [6.07, 6.45) is 2.21. The second-order valence-corrected chi connectivity index (χ2v) is 7.70. The highest BCUT2D eigenvalue weighted by Gasteiger charge is 2.31. The molecule has 2 heterocycles. The fourth-order valence-corrected chi connectivity index (χ4v) is 4.46. The van der Waals surface area contributed by atoms with Gasteiger partial charge >= 0.3 is 0 Å². The van der Waals surface area contributed by atoms with Crippen LogP contribution < -0.4 is 4.31 Å². The highest BCUT2D eigenvalue weighted by molar-refractivity contribution is 7.92. The Morgan fingerprint density at radius 2 is 1.83 bits per heavy atom. The molecule has 0 saturated carbocycles. The molecular formula is C18H16N2O3S. The molecule has 1 aliphatic heterocycles. The van der Waals surface area contributed by atoms with E-state index in [1.807, 2.05) is 37.3 Å². The minimum Gasteiger partial charge on any atom is -0.356 e. The van der Waals surface area contributed by atoms with Crippen LogP contribution in [0.3, 0.4) is 0 Å². The molecule has 1 aromatic heterocycles. The Kier molecular flexibility index (Phi) is 3.42. The smallest absolute Gasteiger partial charge is 0.264 e. The SMILES string of the molecule is Cc1ccc(S(=O)(=O)N2CCc3cnoc3-c3ccccc32)cc1. The normalized spacial score (nSPS) is 14.0. The van der Waals surface area contributed by atoms with Crippen LogP contribution in [0.4, 0.5) is 5.69 Å². The number of nitrogens with zero attached hydrogens (tertiary/aromatic N) is 2. The Hall–Kier alpha value is -2.60. The number of anilines is 1. The van der Waals surface area contributed by atoms with Gasteiger partial charge in [0.25, 0.3) is 10.0 Å². The molecule has 0 atom stereocenters. The average molecular weight is 340 g/mol. The van der Waals surface area contributed by atoms with Crippen LogP contribution in [0.25, 0.3) is 11.3 Å². The van der Waals surface area contributed by atoms with Gasteiger partial charge in [0.2, 0.25) is 0 Å². The van der Waals surface area contributed by atoms with Gasteiger partial charge in [-0.1, -0.05) is 35.0 Å². The molecule has 5 nitrogen and oxygen atoms in total. The lowest BCUT2D eigenvalue weighted by atomic mass is 10.1. The molecule has 3 aromatic rings. The van der Waals surface area contributed by atoms with Crippen molar-refractivity contribution in [1.82, 2.24) is 5.16 Å². The fourth-order valence-electron chi connectivity index (χ4n) is 2.97. The lowest BCUT2D eigenvalue weighted by molar-refractivity contribution is 0.432. The minimum atomic E-state index is -3.64. The quantitative estimate of drug-likeness (QED) is 0.717. The molecule has 0 amide bonds. The average Bonchev–Trinajstić information content (AvgIpc) is 2.98. The predicted octanol–water partition coefficient (Wildman–Crippen LogP) is 3.40. The van der Waals surface area contributed by atoms with Crippen LogP contribution in [-0.2, 0) is 16.4 Å². The first-order chi connectivity index (χ1) is 11.6. The summed E-state index contributed by atoms with van der Waals surface area (Å²) in [5.41, 5.74) is 3.31. The Balaban J connectivity index is 1.87. The molecule has 0 bridgehead atoms. The van der Waals surface area contributed by atoms with E-state index in [1.165, 1.54) is 4.31 Å². The zero-order valence-electron chi connectivity index (χ0n) is 13.1. The van der Waals surface area contributed by atoms with Crippen molar-refractivity contribution in [3.05, 3.63) is 65.9 Å². The topological polar surface area (TPSA) is 63.4 Å². The number of hydrogen-bond acceptors (Lipinski definition) is 4. The van der Waals surface area contributed by atoms with Gasteiger partial charge < -0.3 is 4.52 Å². The maximum absolute atomic E-state index is 13.2. The highest BCUT2D eigenvalue weighted by atomic mass is 32.2. The largest absolute Gasteiger partial charge is 0.356 e. The molecule has 0 unspecified atom stereocenters. The number of hydrogen-bond donors (Lipinski definition) is 0. The Bertz CT molecular complexity index is 991. The zero-order valence-corrected chi connectivity index (χ0v) is 14.0. The summed E-state index contributed by atoms with van der Waals surface area (Å²) in [5, 5.41) is 3.86. The van der Waals surface area contributed by atoms with Gasteiger partial charge in [0, 0.05) is 17.7 Å². The first-order valence-electron chi connectivity index (χ1n) is 7.70. The summed E-state index contributed by atoms with van der Waals surface area (Å²) < 4.78 is 33.2. The second kappa shape index (κ2) is 5.49. The van der Waals surface area contributed by atoms with Crippen molar-refractivity contribution in [2.24, 2.45) is 0 Å². The molecule has 122 valence electrons. The third-order valence-corrected chi connectivity index (χ3v) is 6.08. The van der Waals surface area contributed by atoms with Gasteiger partial charge in [-0.15, -0.1) is 0 Å². The van der Waals surface area contributed by atoms with E-state index < -0.39 is 10.0 Å². The second-order valence-electron chi connectivity index (χ2n) is 5.84. The molecule has 0 spiro atoms. The van der Waals surface area contributed by atoms with Crippen molar-refractivity contribution in [1.29, 1.82) is 0 Å². The summed E-state index contributed by atoms with van der Waals surface area (Å²) in [7, 11) is -3.64. The van der Waals surface area contributed by atoms with Crippen molar-refractivity contribution < 1.29 is 12.9 Å². The van der Waals surface area contributed by atoms with Crippen LogP contribution >= 0.6 is 0 Å². The number of para-hydroxylation sites is 1. The molecule has 24 heavy (non-hydrogen) atoms. The van der Waals surface area contributed by atoms with E-state index in [2.05, 4.69) is 5.16 Å². The van der Waals surface area contributed by atoms with Gasteiger partial charge in [-0.25, -0.2) is 8.42 Å². The number of benzene rings is 2. The van der Waals surface area contributed by atoms with Gasteiger partial charge in [0.15, 0.2) is 5.76 Å². The molecule has 6 heteroatoms. The lowest BCUT2D eigenvalue weighted by Crippen LogP contribution is -2.32. The van der Waals surface area contributed by atoms with Crippen LogP contribution in [0, 0.1) is 6.92 Å².